The van der Waals surface area contributed by atoms with Gasteiger partial charge >= 0.3 is 0 Å². The molecule has 1 saturated heterocycles. The molecule has 4 rings (SSSR count). The number of rotatable bonds is 2. The summed E-state index contributed by atoms with van der Waals surface area (Å²) in [4.78, 5) is 12.7. The zero-order valence-electron chi connectivity index (χ0n) is 14.6. The van der Waals surface area contributed by atoms with Gasteiger partial charge in [-0.25, -0.2) is 8.42 Å². The molecule has 4 nitrogen and oxygen atoms in total. The molecular formula is C20H25NO3S. The van der Waals surface area contributed by atoms with Gasteiger partial charge in [0.25, 0.3) is 0 Å². The van der Waals surface area contributed by atoms with Crippen LogP contribution in [0.15, 0.2) is 40.8 Å². The SMILES string of the molecule is Cc1ccc(S(=O)(=O)N2C[C@@H]3CC(=O)C[C@@H]4CCC/C4=C/[C@@H]3C2)cc1. The van der Waals surface area contributed by atoms with E-state index in [1.165, 1.54) is 5.57 Å². The van der Waals surface area contributed by atoms with Crippen molar-refractivity contribution in [2.75, 3.05) is 13.1 Å². The van der Waals surface area contributed by atoms with E-state index in [0.29, 0.717) is 42.5 Å². The number of aryl methyl sites for hydroxylation is 1. The third-order valence-electron chi connectivity index (χ3n) is 6.05. The first-order valence-electron chi connectivity index (χ1n) is 9.22. The topological polar surface area (TPSA) is 54.5 Å². The average molecular weight is 359 g/mol. The zero-order chi connectivity index (χ0) is 17.6. The van der Waals surface area contributed by atoms with Crippen molar-refractivity contribution in [2.24, 2.45) is 17.8 Å². The van der Waals surface area contributed by atoms with Gasteiger partial charge in [-0.15, -0.1) is 0 Å². The lowest BCUT2D eigenvalue weighted by Gasteiger charge is -2.22. The third kappa shape index (κ3) is 3.20. The van der Waals surface area contributed by atoms with Gasteiger partial charge in [-0.1, -0.05) is 29.3 Å². The third-order valence-corrected chi connectivity index (χ3v) is 7.90. The number of carbonyl (C=O) groups excluding carboxylic acids is 1. The molecule has 5 heteroatoms. The van der Waals surface area contributed by atoms with Crippen LogP contribution in [-0.2, 0) is 14.8 Å². The molecule has 0 unspecified atom stereocenters. The van der Waals surface area contributed by atoms with Gasteiger partial charge in [-0.05, 0) is 56.1 Å². The van der Waals surface area contributed by atoms with Crippen LogP contribution in [-0.4, -0.2) is 31.6 Å². The average Bonchev–Trinajstić information content (AvgIpc) is 3.15. The van der Waals surface area contributed by atoms with Gasteiger partial charge in [-0.2, -0.15) is 4.31 Å². The molecule has 1 aliphatic heterocycles. The van der Waals surface area contributed by atoms with Crippen LogP contribution in [0.25, 0.3) is 0 Å². The Kier molecular flexibility index (Phi) is 4.32. The van der Waals surface area contributed by atoms with Crippen LogP contribution in [0.4, 0.5) is 0 Å². The first-order chi connectivity index (χ1) is 11.9. The van der Waals surface area contributed by atoms with Gasteiger partial charge in [0.2, 0.25) is 10.0 Å². The maximum atomic E-state index is 13.0. The van der Waals surface area contributed by atoms with Gasteiger partial charge in [-0.3, -0.25) is 4.79 Å². The molecule has 25 heavy (non-hydrogen) atoms. The number of fused-ring (bicyclic) bond motifs is 2. The maximum Gasteiger partial charge on any atom is 0.243 e. The summed E-state index contributed by atoms with van der Waals surface area (Å²) >= 11 is 0. The predicted molar refractivity (Wildman–Crippen MR) is 96.6 cm³/mol. The molecule has 2 fully saturated rings. The van der Waals surface area contributed by atoms with E-state index >= 15 is 0 Å². The van der Waals surface area contributed by atoms with E-state index in [1.54, 1.807) is 16.4 Å². The number of sulfonamides is 1. The van der Waals surface area contributed by atoms with Crippen molar-refractivity contribution < 1.29 is 13.2 Å². The summed E-state index contributed by atoms with van der Waals surface area (Å²) in [6, 6.07) is 7.03. The summed E-state index contributed by atoms with van der Waals surface area (Å²) in [6.45, 7) is 2.91. The van der Waals surface area contributed by atoms with Crippen molar-refractivity contribution in [2.45, 2.75) is 43.9 Å². The van der Waals surface area contributed by atoms with Crippen LogP contribution in [0.1, 0.15) is 37.7 Å². The molecule has 0 spiro atoms. The molecule has 0 aromatic heterocycles. The Hall–Kier alpha value is -1.46. The number of allylic oxidation sites excluding steroid dienone is 1. The quantitative estimate of drug-likeness (QED) is 0.761. The molecule has 1 aromatic carbocycles. The Balaban J connectivity index is 1.62. The fraction of sp³-hybridized carbons (Fsp3) is 0.550. The van der Waals surface area contributed by atoms with Crippen LogP contribution in [0.5, 0.6) is 0 Å². The molecule has 3 atom stereocenters. The molecule has 0 amide bonds. The van der Waals surface area contributed by atoms with Crippen LogP contribution >= 0.6 is 0 Å². The second kappa shape index (κ2) is 6.36. The number of Topliss-reactive ketones (excluding diaryl/α,β-unsaturated/α-hetero) is 1. The molecule has 0 N–H and O–H groups in total. The van der Waals surface area contributed by atoms with Crippen LogP contribution in [0.2, 0.25) is 0 Å². The van der Waals surface area contributed by atoms with Crippen molar-refractivity contribution in [1.82, 2.24) is 4.31 Å². The highest BCUT2D eigenvalue weighted by Crippen LogP contribution is 2.41. The Morgan fingerprint density at radius 3 is 2.60 bits per heavy atom. The van der Waals surface area contributed by atoms with Crippen LogP contribution < -0.4 is 0 Å². The lowest BCUT2D eigenvalue weighted by Crippen LogP contribution is -2.29. The van der Waals surface area contributed by atoms with Crippen LogP contribution in [0.3, 0.4) is 0 Å². The lowest BCUT2D eigenvalue weighted by atomic mass is 9.82. The zero-order valence-corrected chi connectivity index (χ0v) is 15.5. The number of ketones is 1. The Morgan fingerprint density at radius 1 is 1.08 bits per heavy atom. The minimum atomic E-state index is -3.48. The van der Waals surface area contributed by atoms with E-state index in [1.807, 2.05) is 19.1 Å². The highest BCUT2D eigenvalue weighted by Gasteiger charge is 2.41. The van der Waals surface area contributed by atoms with Gasteiger partial charge in [0, 0.05) is 25.9 Å². The highest BCUT2D eigenvalue weighted by atomic mass is 32.2. The molecule has 1 aromatic rings. The van der Waals surface area contributed by atoms with E-state index in [0.717, 1.165) is 24.8 Å². The Morgan fingerprint density at radius 2 is 1.84 bits per heavy atom. The Bertz CT molecular complexity index is 810. The molecule has 1 heterocycles. The second-order valence-corrected chi connectivity index (χ2v) is 9.77. The molecule has 134 valence electrons. The number of carbonyl (C=O) groups is 1. The molecule has 2 aliphatic carbocycles. The van der Waals surface area contributed by atoms with Crippen molar-refractivity contribution in [3.05, 3.63) is 41.5 Å². The summed E-state index contributed by atoms with van der Waals surface area (Å²) in [5.74, 6) is 1.03. The molecule has 1 saturated carbocycles. The standard InChI is InChI=1S/C20H25NO3S/c1-14-5-7-20(8-6-14)25(23,24)21-12-17-9-15-3-2-4-16(15)10-19(22)11-18(17)13-21/h5-9,16-18H,2-4,10-13H2,1H3/b15-9-/t16-,17+,18-/m0/s1. The van der Waals surface area contributed by atoms with E-state index in [2.05, 4.69) is 6.08 Å². The van der Waals surface area contributed by atoms with E-state index in [4.69, 9.17) is 0 Å². The number of hydrogen-bond acceptors (Lipinski definition) is 3. The summed E-state index contributed by atoms with van der Waals surface area (Å²) in [6.07, 6.45) is 6.84. The fourth-order valence-corrected chi connectivity index (χ4v) is 6.17. The molecular weight excluding hydrogens is 334 g/mol. The summed E-state index contributed by atoms with van der Waals surface area (Å²) in [7, 11) is -3.48. The normalized spacial score (nSPS) is 32.4. The minimum Gasteiger partial charge on any atom is -0.300 e. The Labute approximate surface area is 150 Å². The molecule has 0 bridgehead atoms. The largest absolute Gasteiger partial charge is 0.300 e. The van der Waals surface area contributed by atoms with Gasteiger partial charge in [0.05, 0.1) is 4.90 Å². The maximum absolute atomic E-state index is 13.0. The number of hydrogen-bond donors (Lipinski definition) is 0. The highest BCUT2D eigenvalue weighted by molar-refractivity contribution is 7.89. The van der Waals surface area contributed by atoms with Crippen molar-refractivity contribution in [3.63, 3.8) is 0 Å². The van der Waals surface area contributed by atoms with Gasteiger partial charge in [0.1, 0.15) is 5.78 Å². The smallest absolute Gasteiger partial charge is 0.243 e. The summed E-state index contributed by atoms with van der Waals surface area (Å²) in [5.41, 5.74) is 2.45. The predicted octanol–water partition coefficient (Wildman–Crippen LogP) is 3.32. The molecule has 3 aliphatic rings. The van der Waals surface area contributed by atoms with Gasteiger partial charge < -0.3 is 0 Å². The first kappa shape index (κ1) is 17.0. The van der Waals surface area contributed by atoms with Crippen molar-refractivity contribution >= 4 is 15.8 Å². The monoisotopic (exact) mass is 359 g/mol. The first-order valence-corrected chi connectivity index (χ1v) is 10.7. The van der Waals surface area contributed by atoms with E-state index in [-0.39, 0.29) is 11.8 Å². The van der Waals surface area contributed by atoms with E-state index in [9.17, 15) is 13.2 Å². The minimum absolute atomic E-state index is 0.127. The summed E-state index contributed by atoms with van der Waals surface area (Å²) in [5, 5.41) is 0. The lowest BCUT2D eigenvalue weighted by molar-refractivity contribution is -0.120. The van der Waals surface area contributed by atoms with E-state index < -0.39 is 10.0 Å². The summed E-state index contributed by atoms with van der Waals surface area (Å²) < 4.78 is 27.6. The van der Waals surface area contributed by atoms with Gasteiger partial charge in [0.15, 0.2) is 0 Å². The fourth-order valence-electron chi connectivity index (χ4n) is 4.64. The number of nitrogens with zero attached hydrogens (tertiary/aromatic N) is 1. The second-order valence-electron chi connectivity index (χ2n) is 7.84. The van der Waals surface area contributed by atoms with Crippen molar-refractivity contribution in [1.29, 1.82) is 0 Å². The van der Waals surface area contributed by atoms with Crippen LogP contribution in [0, 0.1) is 24.7 Å². The van der Waals surface area contributed by atoms with Crippen molar-refractivity contribution in [3.8, 4) is 0 Å². The molecule has 0 radical (unpaired) electrons. The number of benzene rings is 1.